The Morgan fingerprint density at radius 1 is 1.29 bits per heavy atom. The number of benzene rings is 1. The summed E-state index contributed by atoms with van der Waals surface area (Å²) in [4.78, 5) is 19.6. The highest BCUT2D eigenvalue weighted by molar-refractivity contribution is 9.10. The molecule has 1 amide bonds. The van der Waals surface area contributed by atoms with Crippen LogP contribution in [0.25, 0.3) is 0 Å². The van der Waals surface area contributed by atoms with Crippen LogP contribution < -0.4 is 4.74 Å². The van der Waals surface area contributed by atoms with Crippen LogP contribution in [0.4, 0.5) is 0 Å². The molecule has 6 heteroatoms. The maximum Gasteiger partial charge on any atom is 0.257 e. The summed E-state index contributed by atoms with van der Waals surface area (Å²) in [6.45, 7) is 7.94. The first-order chi connectivity index (χ1) is 11.3. The van der Waals surface area contributed by atoms with E-state index in [1.165, 1.54) is 0 Å². The number of hydrogen-bond acceptors (Lipinski definition) is 4. The second-order valence-electron chi connectivity index (χ2n) is 6.79. The second kappa shape index (κ2) is 8.32. The minimum absolute atomic E-state index is 0.0408. The summed E-state index contributed by atoms with van der Waals surface area (Å²) in [6.07, 6.45) is 0. The average molecular weight is 398 g/mol. The van der Waals surface area contributed by atoms with Crippen LogP contribution in [0.5, 0.6) is 5.75 Å². The number of methoxy groups -OCH3 is 1. The number of rotatable bonds is 5. The predicted octanol–water partition coefficient (Wildman–Crippen LogP) is 2.55. The van der Waals surface area contributed by atoms with Crippen LogP contribution in [-0.4, -0.2) is 80.1 Å². The van der Waals surface area contributed by atoms with Crippen molar-refractivity contribution in [1.29, 1.82) is 0 Å². The molecule has 0 aromatic heterocycles. The highest BCUT2D eigenvalue weighted by Gasteiger charge is 2.32. The number of hydrogen-bond donors (Lipinski definition) is 0. The molecule has 0 N–H and O–H groups in total. The maximum absolute atomic E-state index is 13.0. The lowest BCUT2D eigenvalue weighted by Gasteiger charge is -2.44. The van der Waals surface area contributed by atoms with Crippen LogP contribution in [-0.2, 0) is 0 Å². The van der Waals surface area contributed by atoms with E-state index in [1.807, 2.05) is 23.1 Å². The second-order valence-corrected chi connectivity index (χ2v) is 7.71. The van der Waals surface area contributed by atoms with Crippen molar-refractivity contribution in [3.05, 3.63) is 28.2 Å². The van der Waals surface area contributed by atoms with Crippen molar-refractivity contribution in [2.75, 3.05) is 47.4 Å². The molecular weight excluding hydrogens is 370 g/mol. The van der Waals surface area contributed by atoms with Gasteiger partial charge in [-0.15, -0.1) is 0 Å². The van der Waals surface area contributed by atoms with Crippen molar-refractivity contribution in [3.63, 3.8) is 0 Å². The fourth-order valence-corrected chi connectivity index (χ4v) is 3.66. The molecule has 134 valence electrons. The van der Waals surface area contributed by atoms with Crippen LogP contribution in [0.3, 0.4) is 0 Å². The average Bonchev–Trinajstić information content (AvgIpc) is 2.52. The fourth-order valence-electron chi connectivity index (χ4n) is 3.30. The van der Waals surface area contributed by atoms with E-state index in [4.69, 9.17) is 4.74 Å². The van der Waals surface area contributed by atoms with Gasteiger partial charge in [0.2, 0.25) is 0 Å². The van der Waals surface area contributed by atoms with Gasteiger partial charge in [0, 0.05) is 42.7 Å². The number of carbonyl (C=O) groups excluding carboxylic acids is 1. The summed E-state index contributed by atoms with van der Waals surface area (Å²) < 4.78 is 6.25. The van der Waals surface area contributed by atoms with Gasteiger partial charge in [-0.2, -0.15) is 0 Å². The first-order valence-electron chi connectivity index (χ1n) is 8.36. The van der Waals surface area contributed by atoms with Gasteiger partial charge in [0.05, 0.1) is 12.7 Å². The van der Waals surface area contributed by atoms with Gasteiger partial charge in [-0.3, -0.25) is 9.69 Å². The number of ether oxygens (including phenoxy) is 1. The predicted molar refractivity (Wildman–Crippen MR) is 101 cm³/mol. The molecule has 5 nitrogen and oxygen atoms in total. The summed E-state index contributed by atoms with van der Waals surface area (Å²) in [5.41, 5.74) is 0.619. The molecule has 0 radical (unpaired) electrons. The minimum Gasteiger partial charge on any atom is -0.496 e. The molecule has 1 fully saturated rings. The van der Waals surface area contributed by atoms with E-state index in [2.05, 4.69) is 53.7 Å². The van der Waals surface area contributed by atoms with Crippen molar-refractivity contribution < 1.29 is 9.53 Å². The summed E-state index contributed by atoms with van der Waals surface area (Å²) in [5, 5.41) is 0. The zero-order valence-corrected chi connectivity index (χ0v) is 16.8. The van der Waals surface area contributed by atoms with E-state index >= 15 is 0 Å². The third-order valence-electron chi connectivity index (χ3n) is 4.59. The van der Waals surface area contributed by atoms with Crippen molar-refractivity contribution in [2.45, 2.75) is 25.9 Å². The Morgan fingerprint density at radius 3 is 2.46 bits per heavy atom. The normalized spacial score (nSPS) is 22.0. The van der Waals surface area contributed by atoms with Crippen molar-refractivity contribution in [1.82, 2.24) is 14.7 Å². The van der Waals surface area contributed by atoms with Gasteiger partial charge in [0.15, 0.2) is 0 Å². The quantitative estimate of drug-likeness (QED) is 0.764. The van der Waals surface area contributed by atoms with Crippen molar-refractivity contribution in [3.8, 4) is 5.75 Å². The van der Waals surface area contributed by atoms with Gasteiger partial charge in [-0.05, 0) is 46.1 Å². The Hall–Kier alpha value is -1.11. The lowest BCUT2D eigenvalue weighted by Crippen LogP contribution is -2.59. The minimum atomic E-state index is 0.0408. The monoisotopic (exact) mass is 397 g/mol. The summed E-state index contributed by atoms with van der Waals surface area (Å²) in [7, 11) is 5.79. The number of nitrogens with zero attached hydrogens (tertiary/aromatic N) is 3. The van der Waals surface area contributed by atoms with E-state index in [0.29, 0.717) is 23.4 Å². The lowest BCUT2D eigenvalue weighted by atomic mass is 10.1. The van der Waals surface area contributed by atoms with Gasteiger partial charge in [0.25, 0.3) is 5.91 Å². The maximum atomic E-state index is 13.0. The summed E-state index contributed by atoms with van der Waals surface area (Å²) in [6, 6.07) is 6.25. The topological polar surface area (TPSA) is 36.0 Å². The van der Waals surface area contributed by atoms with Gasteiger partial charge in [0.1, 0.15) is 5.75 Å². The first-order valence-corrected chi connectivity index (χ1v) is 9.16. The zero-order valence-electron chi connectivity index (χ0n) is 15.3. The summed E-state index contributed by atoms with van der Waals surface area (Å²) >= 11 is 3.45. The van der Waals surface area contributed by atoms with E-state index in [1.54, 1.807) is 7.11 Å². The molecule has 0 bridgehead atoms. The standard InChI is InChI=1S/C18H28BrN3O2/c1-13-11-21(12-14(2)22(13)9-8-20(3)4)18(23)16-10-15(19)6-7-17(16)24-5/h6-7,10,13-14H,8-9,11-12H2,1-5H3. The van der Waals surface area contributed by atoms with Gasteiger partial charge < -0.3 is 14.5 Å². The van der Waals surface area contributed by atoms with Crippen LogP contribution in [0.1, 0.15) is 24.2 Å². The molecule has 2 unspecified atom stereocenters. The molecular formula is C18H28BrN3O2. The largest absolute Gasteiger partial charge is 0.496 e. The summed E-state index contributed by atoms with van der Waals surface area (Å²) in [5.74, 6) is 0.664. The Balaban J connectivity index is 2.12. The van der Waals surface area contributed by atoms with E-state index in [-0.39, 0.29) is 5.91 Å². The number of carbonyl (C=O) groups is 1. The van der Waals surface area contributed by atoms with E-state index in [0.717, 1.165) is 30.7 Å². The van der Waals surface area contributed by atoms with Gasteiger partial charge in [-0.1, -0.05) is 15.9 Å². The Bertz CT molecular complexity index is 567. The third kappa shape index (κ3) is 4.49. The van der Waals surface area contributed by atoms with Crippen LogP contribution in [0, 0.1) is 0 Å². The third-order valence-corrected chi connectivity index (χ3v) is 5.08. The molecule has 1 saturated heterocycles. The molecule has 1 aliphatic heterocycles. The smallest absolute Gasteiger partial charge is 0.257 e. The van der Waals surface area contributed by atoms with E-state index < -0.39 is 0 Å². The molecule has 2 rings (SSSR count). The molecule has 2 atom stereocenters. The number of piperazine rings is 1. The lowest BCUT2D eigenvalue weighted by molar-refractivity contribution is 0.0281. The molecule has 1 aromatic rings. The van der Waals surface area contributed by atoms with Crippen molar-refractivity contribution >= 4 is 21.8 Å². The van der Waals surface area contributed by atoms with Crippen LogP contribution in [0.2, 0.25) is 0 Å². The zero-order chi connectivity index (χ0) is 17.9. The first kappa shape index (κ1) is 19.2. The SMILES string of the molecule is COc1ccc(Br)cc1C(=O)N1CC(C)N(CCN(C)C)C(C)C1. The molecule has 1 heterocycles. The molecule has 0 spiro atoms. The van der Waals surface area contributed by atoms with Gasteiger partial charge in [-0.25, -0.2) is 0 Å². The molecule has 24 heavy (non-hydrogen) atoms. The molecule has 0 saturated carbocycles. The highest BCUT2D eigenvalue weighted by Crippen LogP contribution is 2.26. The molecule has 0 aliphatic carbocycles. The van der Waals surface area contributed by atoms with E-state index in [9.17, 15) is 4.79 Å². The number of halogens is 1. The Kier molecular flexibility index (Phi) is 6.66. The van der Waals surface area contributed by atoms with Crippen LogP contribution in [0.15, 0.2) is 22.7 Å². The van der Waals surface area contributed by atoms with Crippen LogP contribution >= 0.6 is 15.9 Å². The fraction of sp³-hybridized carbons (Fsp3) is 0.611. The number of amides is 1. The highest BCUT2D eigenvalue weighted by atomic mass is 79.9. The van der Waals surface area contributed by atoms with Crippen molar-refractivity contribution in [2.24, 2.45) is 0 Å². The molecule has 1 aliphatic rings. The molecule has 1 aromatic carbocycles. The Labute approximate surface area is 153 Å². The number of likely N-dealkylation sites (N-methyl/N-ethyl adjacent to an activating group) is 1. The van der Waals surface area contributed by atoms with Gasteiger partial charge >= 0.3 is 0 Å². The Morgan fingerprint density at radius 2 is 1.92 bits per heavy atom.